The van der Waals surface area contributed by atoms with E-state index in [0.29, 0.717) is 19.4 Å². The maximum atomic E-state index is 12.5. The molecule has 0 saturated carbocycles. The zero-order valence-electron chi connectivity index (χ0n) is 11.3. The average molecular weight is 294 g/mol. The van der Waals surface area contributed by atoms with Crippen molar-refractivity contribution in [3.63, 3.8) is 0 Å². The van der Waals surface area contributed by atoms with Crippen LogP contribution in [-0.4, -0.2) is 43.4 Å². The Morgan fingerprint density at radius 3 is 2.60 bits per heavy atom. The van der Waals surface area contributed by atoms with Crippen LogP contribution in [0.1, 0.15) is 38.5 Å². The lowest BCUT2D eigenvalue weighted by atomic mass is 9.99. The highest BCUT2D eigenvalue weighted by molar-refractivity contribution is 5.76. The topological polar surface area (TPSA) is 50.4 Å². The molecule has 3 unspecified atom stereocenters. The van der Waals surface area contributed by atoms with Crippen molar-refractivity contribution < 1.29 is 22.7 Å². The summed E-state index contributed by atoms with van der Waals surface area (Å²) in [7, 11) is 0. The summed E-state index contributed by atoms with van der Waals surface area (Å²) in [6.07, 6.45) is -0.595. The number of nitrogens with one attached hydrogen (secondary N) is 2. The molecule has 0 aromatic rings. The first-order chi connectivity index (χ1) is 9.45. The van der Waals surface area contributed by atoms with Crippen molar-refractivity contribution in [1.29, 1.82) is 0 Å². The Morgan fingerprint density at radius 1 is 1.25 bits per heavy atom. The smallest absolute Gasteiger partial charge is 0.378 e. The molecule has 0 aliphatic carbocycles. The molecule has 7 heteroatoms. The molecular formula is C13H21F3N2O2. The Bertz CT molecular complexity index is 322. The molecule has 2 rings (SSSR count). The van der Waals surface area contributed by atoms with Crippen LogP contribution in [0.5, 0.6) is 0 Å². The average Bonchev–Trinajstić information content (AvgIpc) is 2.39. The number of halogens is 3. The van der Waals surface area contributed by atoms with Crippen LogP contribution in [0, 0.1) is 0 Å². The van der Waals surface area contributed by atoms with Gasteiger partial charge in [0, 0.05) is 19.2 Å². The second kappa shape index (κ2) is 6.76. The van der Waals surface area contributed by atoms with Crippen LogP contribution in [-0.2, 0) is 9.53 Å². The minimum Gasteiger partial charge on any atom is -0.378 e. The van der Waals surface area contributed by atoms with Crippen molar-refractivity contribution in [3.8, 4) is 0 Å². The van der Waals surface area contributed by atoms with Crippen molar-refractivity contribution in [1.82, 2.24) is 10.6 Å². The predicted molar refractivity (Wildman–Crippen MR) is 67.2 cm³/mol. The summed E-state index contributed by atoms with van der Waals surface area (Å²) in [6.45, 7) is 0.859. The summed E-state index contributed by atoms with van der Waals surface area (Å²) >= 11 is 0. The van der Waals surface area contributed by atoms with E-state index in [4.69, 9.17) is 4.74 Å². The number of ether oxygens (including phenoxy) is 1. The molecule has 116 valence electrons. The van der Waals surface area contributed by atoms with Gasteiger partial charge in [-0.05, 0) is 32.1 Å². The molecule has 0 spiro atoms. The van der Waals surface area contributed by atoms with E-state index in [-0.39, 0.29) is 31.0 Å². The largest absolute Gasteiger partial charge is 0.403 e. The van der Waals surface area contributed by atoms with E-state index in [9.17, 15) is 18.0 Å². The Hall–Kier alpha value is -0.820. The molecule has 0 bridgehead atoms. The van der Waals surface area contributed by atoms with Gasteiger partial charge in [0.15, 0.2) is 0 Å². The van der Waals surface area contributed by atoms with Crippen molar-refractivity contribution >= 4 is 5.91 Å². The summed E-state index contributed by atoms with van der Waals surface area (Å²) in [5.41, 5.74) is 0. The van der Waals surface area contributed by atoms with Crippen LogP contribution in [0.4, 0.5) is 13.2 Å². The number of piperidine rings is 1. The van der Waals surface area contributed by atoms with E-state index in [2.05, 4.69) is 10.6 Å². The molecule has 2 saturated heterocycles. The highest BCUT2D eigenvalue weighted by Gasteiger charge is 2.41. The zero-order chi connectivity index (χ0) is 14.6. The fraction of sp³-hybridized carbons (Fsp3) is 0.923. The van der Waals surface area contributed by atoms with E-state index >= 15 is 0 Å². The zero-order valence-corrected chi connectivity index (χ0v) is 11.3. The maximum Gasteiger partial charge on any atom is 0.403 e. The van der Waals surface area contributed by atoms with Crippen molar-refractivity contribution in [2.24, 2.45) is 0 Å². The van der Waals surface area contributed by atoms with Gasteiger partial charge in [0.1, 0.15) is 6.04 Å². The molecule has 4 nitrogen and oxygen atoms in total. The summed E-state index contributed by atoms with van der Waals surface area (Å²) in [5.74, 6) is -0.130. The molecule has 2 aliphatic rings. The van der Waals surface area contributed by atoms with E-state index in [1.165, 1.54) is 0 Å². The van der Waals surface area contributed by atoms with Crippen molar-refractivity contribution in [3.05, 3.63) is 0 Å². The molecule has 0 radical (unpaired) electrons. The van der Waals surface area contributed by atoms with Crippen molar-refractivity contribution in [2.75, 3.05) is 13.2 Å². The minimum atomic E-state index is -4.20. The lowest BCUT2D eigenvalue weighted by Gasteiger charge is -2.32. The van der Waals surface area contributed by atoms with Crippen LogP contribution in [0.15, 0.2) is 0 Å². The molecule has 0 aromatic carbocycles. The standard InChI is InChI=1S/C13H21F3N2O2/c14-13(15,16)11-5-4-9(8-17-11)18-12(19)7-10-3-1-2-6-20-10/h9-11,17H,1-8H2,(H,18,19). The monoisotopic (exact) mass is 294 g/mol. The lowest BCUT2D eigenvalue weighted by molar-refractivity contribution is -0.161. The molecule has 2 aliphatic heterocycles. The molecule has 2 heterocycles. The molecule has 2 fully saturated rings. The summed E-state index contributed by atoms with van der Waals surface area (Å²) in [4.78, 5) is 11.8. The summed E-state index contributed by atoms with van der Waals surface area (Å²) in [5, 5.41) is 5.24. The third-order valence-corrected chi connectivity index (χ3v) is 3.86. The number of carbonyl (C=O) groups excluding carboxylic acids is 1. The highest BCUT2D eigenvalue weighted by Crippen LogP contribution is 2.26. The van der Waals surface area contributed by atoms with E-state index in [1.807, 2.05) is 0 Å². The van der Waals surface area contributed by atoms with E-state index < -0.39 is 12.2 Å². The van der Waals surface area contributed by atoms with Gasteiger partial charge in [-0.15, -0.1) is 0 Å². The molecule has 0 aromatic heterocycles. The number of alkyl halides is 3. The maximum absolute atomic E-state index is 12.5. The van der Waals surface area contributed by atoms with E-state index in [1.54, 1.807) is 0 Å². The van der Waals surface area contributed by atoms with Gasteiger partial charge in [0.05, 0.1) is 12.5 Å². The van der Waals surface area contributed by atoms with Crippen LogP contribution in [0.3, 0.4) is 0 Å². The molecule has 3 atom stereocenters. The molecule has 1 amide bonds. The van der Waals surface area contributed by atoms with Crippen LogP contribution < -0.4 is 10.6 Å². The molecule has 2 N–H and O–H groups in total. The fourth-order valence-electron chi connectivity index (χ4n) is 2.72. The van der Waals surface area contributed by atoms with Gasteiger partial charge in [0.25, 0.3) is 0 Å². The number of amides is 1. The SMILES string of the molecule is O=C(CC1CCCCO1)NC1CCC(C(F)(F)F)NC1. The second-order valence-corrected chi connectivity index (χ2v) is 5.54. The Balaban J connectivity index is 1.68. The fourth-order valence-corrected chi connectivity index (χ4v) is 2.72. The predicted octanol–water partition coefficient (Wildman–Crippen LogP) is 1.74. The van der Waals surface area contributed by atoms with Gasteiger partial charge in [-0.2, -0.15) is 13.2 Å². The Labute approximate surface area is 116 Å². The van der Waals surface area contributed by atoms with Crippen LogP contribution in [0.2, 0.25) is 0 Å². The first-order valence-corrected chi connectivity index (χ1v) is 7.16. The first-order valence-electron chi connectivity index (χ1n) is 7.16. The molecular weight excluding hydrogens is 273 g/mol. The number of rotatable bonds is 3. The first kappa shape index (κ1) is 15.6. The third-order valence-electron chi connectivity index (χ3n) is 3.86. The Morgan fingerprint density at radius 2 is 2.05 bits per heavy atom. The van der Waals surface area contributed by atoms with Gasteiger partial charge >= 0.3 is 6.18 Å². The summed E-state index contributed by atoms with van der Waals surface area (Å²) < 4.78 is 42.9. The lowest BCUT2D eigenvalue weighted by Crippen LogP contribution is -2.54. The number of carbonyl (C=O) groups is 1. The van der Waals surface area contributed by atoms with Gasteiger partial charge in [-0.1, -0.05) is 0 Å². The third kappa shape index (κ3) is 4.63. The quantitative estimate of drug-likeness (QED) is 0.833. The highest BCUT2D eigenvalue weighted by atomic mass is 19.4. The van der Waals surface area contributed by atoms with Crippen LogP contribution in [0.25, 0.3) is 0 Å². The van der Waals surface area contributed by atoms with Crippen molar-refractivity contribution in [2.45, 2.75) is 62.9 Å². The van der Waals surface area contributed by atoms with Gasteiger partial charge in [-0.3, -0.25) is 4.79 Å². The van der Waals surface area contributed by atoms with Gasteiger partial charge in [0.2, 0.25) is 5.91 Å². The molecule has 20 heavy (non-hydrogen) atoms. The second-order valence-electron chi connectivity index (χ2n) is 5.54. The number of hydrogen-bond donors (Lipinski definition) is 2. The van der Waals surface area contributed by atoms with Crippen LogP contribution >= 0.6 is 0 Å². The van der Waals surface area contributed by atoms with Gasteiger partial charge in [-0.25, -0.2) is 0 Å². The minimum absolute atomic E-state index is 0.00831. The normalized spacial score (nSPS) is 31.9. The van der Waals surface area contributed by atoms with Gasteiger partial charge < -0.3 is 15.4 Å². The summed E-state index contributed by atoms with van der Waals surface area (Å²) in [6, 6.07) is -1.66. The van der Waals surface area contributed by atoms with E-state index in [0.717, 1.165) is 19.3 Å². The Kier molecular flexibility index (Phi) is 5.26. The number of hydrogen-bond acceptors (Lipinski definition) is 3.